The van der Waals surface area contributed by atoms with Gasteiger partial charge in [-0.1, -0.05) is 77.9 Å². The topological polar surface area (TPSA) is 87.2 Å². The van der Waals surface area contributed by atoms with Crippen LogP contribution in [-0.2, 0) is 22.4 Å². The Morgan fingerprint density at radius 3 is 1.47 bits per heavy atom. The number of pyridine rings is 2. The average Bonchev–Trinajstić information content (AvgIpc) is 2.99. The summed E-state index contributed by atoms with van der Waals surface area (Å²) in [5.41, 5.74) is 5.88. The van der Waals surface area contributed by atoms with E-state index in [1.54, 1.807) is 24.2 Å². The van der Waals surface area contributed by atoms with Crippen molar-refractivity contribution in [3.8, 4) is 0 Å². The van der Waals surface area contributed by atoms with Gasteiger partial charge in [-0.3, -0.25) is 19.6 Å². The summed E-state index contributed by atoms with van der Waals surface area (Å²) < 4.78 is 0. The normalized spacial score (nSPS) is 11.6. The minimum atomic E-state index is -0.596. The predicted molar refractivity (Wildman–Crippen MR) is 189 cm³/mol. The number of carbonyl (C=O) groups is 2. The largest absolute Gasteiger partial charge is 0.337 e. The summed E-state index contributed by atoms with van der Waals surface area (Å²) in [6.45, 7) is 12.1. The van der Waals surface area contributed by atoms with E-state index in [4.69, 9.17) is 0 Å². The molecule has 0 saturated heterocycles. The van der Waals surface area contributed by atoms with E-state index in [0.29, 0.717) is 30.8 Å². The highest BCUT2D eigenvalue weighted by Gasteiger charge is 2.29. The van der Waals surface area contributed by atoms with E-state index in [2.05, 4.69) is 43.9 Å². The Hall–Kier alpha value is -4.17. The molecule has 0 aliphatic heterocycles. The SMILES string of the molecule is CSCCN(c1c(Cc2ccccn2)cccc1NC(=O)C(C)(C)C)c1c(Cc2ccccn2)cccc1NC(=O)C(C)(C)C. The summed E-state index contributed by atoms with van der Waals surface area (Å²) in [5, 5.41) is 6.50. The van der Waals surface area contributed by atoms with Crippen molar-refractivity contribution in [1.29, 1.82) is 0 Å². The molecule has 2 aromatic heterocycles. The molecule has 0 radical (unpaired) electrons. The van der Waals surface area contributed by atoms with Gasteiger partial charge in [0.1, 0.15) is 0 Å². The molecule has 8 heteroatoms. The first kappa shape index (κ1) is 33.7. The van der Waals surface area contributed by atoms with E-state index < -0.39 is 10.8 Å². The molecule has 2 heterocycles. The van der Waals surface area contributed by atoms with Crippen molar-refractivity contribution in [2.75, 3.05) is 34.1 Å². The molecule has 0 aliphatic carbocycles. The summed E-state index contributed by atoms with van der Waals surface area (Å²) >= 11 is 1.75. The van der Waals surface area contributed by atoms with E-state index in [9.17, 15) is 9.59 Å². The maximum absolute atomic E-state index is 13.4. The van der Waals surface area contributed by atoms with Gasteiger partial charge in [0.25, 0.3) is 0 Å². The number of nitrogens with zero attached hydrogens (tertiary/aromatic N) is 3. The monoisotopic (exact) mass is 623 g/mol. The van der Waals surface area contributed by atoms with Crippen LogP contribution in [0.25, 0.3) is 0 Å². The zero-order valence-electron chi connectivity index (χ0n) is 27.5. The second kappa shape index (κ2) is 14.7. The van der Waals surface area contributed by atoms with Gasteiger partial charge in [0.2, 0.25) is 11.8 Å². The molecule has 0 aliphatic rings. The third-order valence-corrected chi connectivity index (χ3v) is 7.94. The molecule has 0 fully saturated rings. The maximum Gasteiger partial charge on any atom is 0.229 e. The molecule has 4 rings (SSSR count). The minimum Gasteiger partial charge on any atom is -0.337 e. The number of hydrogen-bond donors (Lipinski definition) is 2. The number of carbonyl (C=O) groups excluding carboxylic acids is 2. The van der Waals surface area contributed by atoms with Gasteiger partial charge in [-0.15, -0.1) is 0 Å². The number of amides is 2. The Bertz CT molecular complexity index is 1480. The molecule has 0 unspecified atom stereocenters. The lowest BCUT2D eigenvalue weighted by Gasteiger charge is -2.34. The van der Waals surface area contributed by atoms with Gasteiger partial charge in [-0.2, -0.15) is 11.8 Å². The first-order chi connectivity index (χ1) is 21.4. The van der Waals surface area contributed by atoms with Crippen LogP contribution in [0.3, 0.4) is 0 Å². The fourth-order valence-electron chi connectivity index (χ4n) is 4.84. The average molecular weight is 624 g/mol. The lowest BCUT2D eigenvalue weighted by Crippen LogP contribution is -2.31. The molecular weight excluding hydrogens is 579 g/mol. The Balaban J connectivity index is 2.00. The number of rotatable bonds is 11. The first-order valence-electron chi connectivity index (χ1n) is 15.3. The standard InChI is InChI=1S/C37H45N5O2S/c1-36(2,3)34(43)40-30-18-12-14-26(24-28-16-8-10-20-38-28)32(30)42(22-23-45-7)33-27(25-29-17-9-11-21-39-29)15-13-19-31(33)41-35(44)37(4,5)6/h8-21H,22-25H2,1-7H3,(H,40,43)(H,41,44). The van der Waals surface area contributed by atoms with Crippen LogP contribution in [0.4, 0.5) is 22.7 Å². The maximum atomic E-state index is 13.4. The highest BCUT2D eigenvalue weighted by molar-refractivity contribution is 7.98. The van der Waals surface area contributed by atoms with Crippen LogP contribution in [0.2, 0.25) is 0 Å². The zero-order chi connectivity index (χ0) is 32.6. The predicted octanol–water partition coefficient (Wildman–Crippen LogP) is 8.13. The quantitative estimate of drug-likeness (QED) is 0.175. The van der Waals surface area contributed by atoms with Gasteiger partial charge in [0, 0.05) is 59.8 Å². The number of aromatic nitrogens is 2. The van der Waals surface area contributed by atoms with Crippen LogP contribution < -0.4 is 15.5 Å². The molecule has 236 valence electrons. The summed E-state index contributed by atoms with van der Waals surface area (Å²) in [6.07, 6.45) is 6.82. The van der Waals surface area contributed by atoms with E-state index in [1.807, 2.05) is 102 Å². The zero-order valence-corrected chi connectivity index (χ0v) is 28.3. The number of nitrogens with one attached hydrogen (secondary N) is 2. The molecule has 45 heavy (non-hydrogen) atoms. The van der Waals surface area contributed by atoms with E-state index >= 15 is 0 Å². The van der Waals surface area contributed by atoms with Crippen LogP contribution in [0, 0.1) is 10.8 Å². The summed E-state index contributed by atoms with van der Waals surface area (Å²) in [7, 11) is 0. The van der Waals surface area contributed by atoms with Crippen molar-refractivity contribution in [3.63, 3.8) is 0 Å². The third kappa shape index (κ3) is 8.94. The lowest BCUT2D eigenvalue weighted by molar-refractivity contribution is -0.123. The van der Waals surface area contributed by atoms with Crippen LogP contribution in [-0.4, -0.2) is 40.3 Å². The van der Waals surface area contributed by atoms with Crippen LogP contribution in [0.15, 0.2) is 85.2 Å². The van der Waals surface area contributed by atoms with Crippen molar-refractivity contribution >= 4 is 46.3 Å². The smallest absolute Gasteiger partial charge is 0.229 e. The second-order valence-electron chi connectivity index (χ2n) is 13.2. The minimum absolute atomic E-state index is 0.0772. The molecule has 0 atom stereocenters. The summed E-state index contributed by atoms with van der Waals surface area (Å²) in [4.78, 5) is 38.4. The summed E-state index contributed by atoms with van der Waals surface area (Å²) in [6, 6.07) is 23.9. The first-order valence-corrected chi connectivity index (χ1v) is 16.7. The molecule has 0 bridgehead atoms. The van der Waals surface area contributed by atoms with Crippen LogP contribution >= 0.6 is 11.8 Å². The Kier molecular flexibility index (Phi) is 11.0. The van der Waals surface area contributed by atoms with Crippen molar-refractivity contribution in [2.45, 2.75) is 54.4 Å². The molecule has 4 aromatic rings. The fourth-order valence-corrected chi connectivity index (χ4v) is 5.21. The number of anilines is 4. The molecule has 2 aromatic carbocycles. The van der Waals surface area contributed by atoms with E-state index in [1.165, 1.54) is 0 Å². The molecule has 0 saturated carbocycles. The summed E-state index contributed by atoms with van der Waals surface area (Å²) in [5.74, 6) is 0.660. The Labute approximate surface area is 272 Å². The number of para-hydroxylation sites is 2. The van der Waals surface area contributed by atoms with Crippen LogP contribution in [0.1, 0.15) is 64.1 Å². The molecule has 2 N–H and O–H groups in total. The number of hydrogen-bond acceptors (Lipinski definition) is 6. The van der Waals surface area contributed by atoms with Gasteiger partial charge in [0.05, 0.1) is 22.7 Å². The lowest BCUT2D eigenvalue weighted by atomic mass is 9.94. The Morgan fingerprint density at radius 1 is 0.667 bits per heavy atom. The van der Waals surface area contributed by atoms with Crippen LogP contribution in [0.5, 0.6) is 0 Å². The molecule has 7 nitrogen and oxygen atoms in total. The molecule has 0 spiro atoms. The van der Waals surface area contributed by atoms with E-state index in [0.717, 1.165) is 39.6 Å². The van der Waals surface area contributed by atoms with Crippen molar-refractivity contribution in [3.05, 3.63) is 108 Å². The van der Waals surface area contributed by atoms with Gasteiger partial charge >= 0.3 is 0 Å². The van der Waals surface area contributed by atoms with Gasteiger partial charge < -0.3 is 15.5 Å². The molecule has 2 amide bonds. The van der Waals surface area contributed by atoms with Crippen molar-refractivity contribution in [1.82, 2.24) is 9.97 Å². The Morgan fingerprint density at radius 2 is 1.11 bits per heavy atom. The van der Waals surface area contributed by atoms with E-state index in [-0.39, 0.29) is 11.8 Å². The number of thioether (sulfide) groups is 1. The second-order valence-corrected chi connectivity index (χ2v) is 14.2. The van der Waals surface area contributed by atoms with Gasteiger partial charge in [-0.25, -0.2) is 0 Å². The van der Waals surface area contributed by atoms with Crippen molar-refractivity contribution in [2.24, 2.45) is 10.8 Å². The number of benzene rings is 2. The highest BCUT2D eigenvalue weighted by atomic mass is 32.2. The third-order valence-electron chi connectivity index (χ3n) is 7.35. The van der Waals surface area contributed by atoms with Gasteiger partial charge in [-0.05, 0) is 53.8 Å². The fraction of sp³-hybridized carbons (Fsp3) is 0.351. The van der Waals surface area contributed by atoms with Crippen molar-refractivity contribution < 1.29 is 9.59 Å². The highest BCUT2D eigenvalue weighted by Crippen LogP contribution is 2.43. The molecular formula is C37H45N5O2S. The van der Waals surface area contributed by atoms with Gasteiger partial charge in [0.15, 0.2) is 0 Å².